The molecule has 2 atom stereocenters. The maximum absolute atomic E-state index is 5.78. The topological polar surface area (TPSA) is 43.0 Å². The highest BCUT2D eigenvalue weighted by Crippen LogP contribution is 2.35. The van der Waals surface area contributed by atoms with Gasteiger partial charge in [0.2, 0.25) is 0 Å². The Labute approximate surface area is 107 Å². The van der Waals surface area contributed by atoms with Gasteiger partial charge in [0, 0.05) is 6.04 Å². The van der Waals surface area contributed by atoms with Crippen LogP contribution in [0, 0.1) is 0 Å². The van der Waals surface area contributed by atoms with E-state index in [0.717, 1.165) is 31.1 Å². The lowest BCUT2D eigenvalue weighted by Gasteiger charge is -2.25. The van der Waals surface area contributed by atoms with E-state index < -0.39 is 0 Å². The van der Waals surface area contributed by atoms with Crippen LogP contribution in [0.5, 0.6) is 11.5 Å². The molecular formula is C14H19NO3. The van der Waals surface area contributed by atoms with E-state index in [4.69, 9.17) is 14.2 Å². The molecule has 2 heterocycles. The summed E-state index contributed by atoms with van der Waals surface area (Å²) in [5.74, 6) is 1.64. The fourth-order valence-corrected chi connectivity index (χ4v) is 2.39. The van der Waals surface area contributed by atoms with Crippen LogP contribution < -0.4 is 14.8 Å². The smallest absolute Gasteiger partial charge is 0.161 e. The molecule has 1 aromatic carbocycles. The molecule has 0 amide bonds. The van der Waals surface area contributed by atoms with Crippen molar-refractivity contribution >= 4 is 0 Å². The van der Waals surface area contributed by atoms with Gasteiger partial charge in [0.25, 0.3) is 0 Å². The second-order valence-electron chi connectivity index (χ2n) is 4.89. The van der Waals surface area contributed by atoms with Gasteiger partial charge in [-0.05, 0) is 43.1 Å². The summed E-state index contributed by atoms with van der Waals surface area (Å²) in [4.78, 5) is 0. The van der Waals surface area contributed by atoms with E-state index in [1.54, 1.807) is 7.11 Å². The molecule has 1 fully saturated rings. The Bertz CT molecular complexity index is 443. The number of hydrogen-bond acceptors (Lipinski definition) is 4. The van der Waals surface area contributed by atoms with E-state index in [1.165, 1.54) is 11.1 Å². The summed E-state index contributed by atoms with van der Waals surface area (Å²) in [6, 6.07) is 4.59. The first kappa shape index (κ1) is 11.8. The summed E-state index contributed by atoms with van der Waals surface area (Å²) in [6.45, 7) is 4.62. The minimum atomic E-state index is 0.270. The molecule has 2 aliphatic heterocycles. The number of rotatable bonds is 4. The fraction of sp³-hybridized carbons (Fsp3) is 0.571. The molecule has 18 heavy (non-hydrogen) atoms. The standard InChI is InChI=1S/C14H19NO3/c1-9-12-6-13(16-2)14(18-8-11-7-17-11)5-10(12)3-4-15-9/h5-6,9,11,15H,3-4,7-8H2,1-2H3. The molecule has 2 unspecified atom stereocenters. The molecular weight excluding hydrogens is 230 g/mol. The van der Waals surface area contributed by atoms with Crippen LogP contribution in [0.1, 0.15) is 24.1 Å². The van der Waals surface area contributed by atoms with Crippen LogP contribution >= 0.6 is 0 Å². The summed E-state index contributed by atoms with van der Waals surface area (Å²) in [7, 11) is 1.68. The summed E-state index contributed by atoms with van der Waals surface area (Å²) >= 11 is 0. The van der Waals surface area contributed by atoms with Crippen molar-refractivity contribution < 1.29 is 14.2 Å². The SMILES string of the molecule is COc1cc2c(cc1OCC1CO1)CCNC2C. The molecule has 98 valence electrons. The largest absolute Gasteiger partial charge is 0.493 e. The molecule has 0 saturated carbocycles. The van der Waals surface area contributed by atoms with Gasteiger partial charge in [-0.1, -0.05) is 0 Å². The highest BCUT2D eigenvalue weighted by Gasteiger charge is 2.25. The minimum absolute atomic E-state index is 0.270. The first-order valence-corrected chi connectivity index (χ1v) is 6.46. The zero-order valence-corrected chi connectivity index (χ0v) is 10.9. The second kappa shape index (κ2) is 4.78. The number of hydrogen-bond donors (Lipinski definition) is 1. The fourth-order valence-electron chi connectivity index (χ4n) is 2.39. The van der Waals surface area contributed by atoms with Crippen molar-refractivity contribution in [2.45, 2.75) is 25.5 Å². The van der Waals surface area contributed by atoms with Gasteiger partial charge < -0.3 is 19.5 Å². The van der Waals surface area contributed by atoms with Gasteiger partial charge in [-0.3, -0.25) is 0 Å². The third-order valence-electron chi connectivity index (χ3n) is 3.56. The number of ether oxygens (including phenoxy) is 3. The minimum Gasteiger partial charge on any atom is -0.493 e. The van der Waals surface area contributed by atoms with Gasteiger partial charge in [0.1, 0.15) is 12.7 Å². The molecule has 3 rings (SSSR count). The molecule has 0 aliphatic carbocycles. The predicted octanol–water partition coefficient (Wildman–Crippen LogP) is 1.68. The van der Waals surface area contributed by atoms with E-state index in [-0.39, 0.29) is 6.10 Å². The van der Waals surface area contributed by atoms with Crippen LogP contribution in [0.25, 0.3) is 0 Å². The lowest BCUT2D eigenvalue weighted by Crippen LogP contribution is -2.27. The molecule has 4 nitrogen and oxygen atoms in total. The van der Waals surface area contributed by atoms with Gasteiger partial charge in [-0.2, -0.15) is 0 Å². The molecule has 0 aromatic heterocycles. The van der Waals surface area contributed by atoms with Crippen molar-refractivity contribution in [1.29, 1.82) is 0 Å². The quantitative estimate of drug-likeness (QED) is 0.824. The monoisotopic (exact) mass is 249 g/mol. The first-order valence-electron chi connectivity index (χ1n) is 6.46. The second-order valence-corrected chi connectivity index (χ2v) is 4.89. The Morgan fingerprint density at radius 1 is 1.39 bits per heavy atom. The zero-order valence-electron chi connectivity index (χ0n) is 10.9. The van der Waals surface area contributed by atoms with Crippen LogP contribution in [0.2, 0.25) is 0 Å². The normalized spacial score (nSPS) is 25.4. The van der Waals surface area contributed by atoms with Crippen LogP contribution in [0.4, 0.5) is 0 Å². The van der Waals surface area contributed by atoms with Crippen molar-refractivity contribution in [3.05, 3.63) is 23.3 Å². The molecule has 1 N–H and O–H groups in total. The third-order valence-corrected chi connectivity index (χ3v) is 3.56. The molecule has 0 bridgehead atoms. The Morgan fingerprint density at radius 3 is 2.94 bits per heavy atom. The van der Waals surface area contributed by atoms with Crippen molar-refractivity contribution in [3.8, 4) is 11.5 Å². The third kappa shape index (κ3) is 2.31. The number of epoxide rings is 1. The van der Waals surface area contributed by atoms with Gasteiger partial charge in [0.05, 0.1) is 13.7 Å². The molecule has 4 heteroatoms. The van der Waals surface area contributed by atoms with Crippen molar-refractivity contribution in [2.75, 3.05) is 26.9 Å². The number of benzene rings is 1. The van der Waals surface area contributed by atoms with Crippen LogP contribution in [0.3, 0.4) is 0 Å². The number of fused-ring (bicyclic) bond motifs is 1. The van der Waals surface area contributed by atoms with E-state index in [1.807, 2.05) is 0 Å². The lowest BCUT2D eigenvalue weighted by atomic mass is 9.94. The molecule has 0 radical (unpaired) electrons. The summed E-state index contributed by atoms with van der Waals surface area (Å²) in [5.41, 5.74) is 2.67. The molecule has 2 aliphatic rings. The van der Waals surface area contributed by atoms with Crippen LogP contribution in [-0.2, 0) is 11.2 Å². The van der Waals surface area contributed by atoms with Gasteiger partial charge in [0.15, 0.2) is 11.5 Å². The number of nitrogens with one attached hydrogen (secondary N) is 1. The van der Waals surface area contributed by atoms with Crippen LogP contribution in [0.15, 0.2) is 12.1 Å². The zero-order chi connectivity index (χ0) is 12.5. The van der Waals surface area contributed by atoms with Crippen LogP contribution in [-0.4, -0.2) is 33.0 Å². The maximum atomic E-state index is 5.78. The van der Waals surface area contributed by atoms with Gasteiger partial charge >= 0.3 is 0 Å². The average molecular weight is 249 g/mol. The Hall–Kier alpha value is -1.26. The predicted molar refractivity (Wildman–Crippen MR) is 68.4 cm³/mol. The van der Waals surface area contributed by atoms with Gasteiger partial charge in [-0.15, -0.1) is 0 Å². The highest BCUT2D eigenvalue weighted by molar-refractivity contribution is 5.49. The maximum Gasteiger partial charge on any atom is 0.161 e. The van der Waals surface area contributed by atoms with Crippen molar-refractivity contribution in [3.63, 3.8) is 0 Å². The van der Waals surface area contributed by atoms with Crippen molar-refractivity contribution in [2.24, 2.45) is 0 Å². The number of methoxy groups -OCH3 is 1. The van der Waals surface area contributed by atoms with E-state index in [9.17, 15) is 0 Å². The average Bonchev–Trinajstić information content (AvgIpc) is 3.20. The summed E-state index contributed by atoms with van der Waals surface area (Å²) in [6.07, 6.45) is 1.31. The summed E-state index contributed by atoms with van der Waals surface area (Å²) < 4.78 is 16.4. The van der Waals surface area contributed by atoms with Gasteiger partial charge in [-0.25, -0.2) is 0 Å². The first-order chi connectivity index (χ1) is 8.78. The van der Waals surface area contributed by atoms with E-state index in [0.29, 0.717) is 12.6 Å². The lowest BCUT2D eigenvalue weighted by molar-refractivity contribution is 0.251. The Morgan fingerprint density at radius 2 is 2.22 bits per heavy atom. The molecule has 1 aromatic rings. The van der Waals surface area contributed by atoms with E-state index >= 15 is 0 Å². The Kier molecular flexibility index (Phi) is 3.14. The highest BCUT2D eigenvalue weighted by atomic mass is 16.6. The molecule has 1 saturated heterocycles. The van der Waals surface area contributed by atoms with Crippen molar-refractivity contribution in [1.82, 2.24) is 5.32 Å². The Balaban J connectivity index is 1.87. The molecule has 0 spiro atoms. The van der Waals surface area contributed by atoms with E-state index in [2.05, 4.69) is 24.4 Å². The summed E-state index contributed by atoms with van der Waals surface area (Å²) in [5, 5.41) is 3.45.